The van der Waals surface area contributed by atoms with E-state index in [0.29, 0.717) is 16.8 Å². The molecule has 2 N–H and O–H groups in total. The number of carbonyl (C=O) groups is 1. The Hall–Kier alpha value is -2.87. The maximum absolute atomic E-state index is 12.4. The molecule has 3 rings (SSSR count). The molecular formula is C19H22N4O3S. The molecule has 0 saturated heterocycles. The van der Waals surface area contributed by atoms with Gasteiger partial charge in [-0.1, -0.05) is 32.9 Å². The van der Waals surface area contributed by atoms with Gasteiger partial charge in [0.05, 0.1) is 23.7 Å². The predicted octanol–water partition coefficient (Wildman–Crippen LogP) is 3.09. The Balaban J connectivity index is 1.78. The molecule has 1 heterocycles. The Morgan fingerprint density at radius 3 is 2.33 bits per heavy atom. The lowest BCUT2D eigenvalue weighted by atomic mass is 9.87. The van der Waals surface area contributed by atoms with Crippen LogP contribution in [0.5, 0.6) is 0 Å². The SMILES string of the molecule is CC(C)(C)c1ccc(C(=O)Nn2cc3ccc(NS(C)(=O)=O)cc3n2)cc1. The van der Waals surface area contributed by atoms with Gasteiger partial charge >= 0.3 is 0 Å². The van der Waals surface area contributed by atoms with Gasteiger partial charge in [0.1, 0.15) is 0 Å². The van der Waals surface area contributed by atoms with E-state index in [1.54, 1.807) is 36.5 Å². The fourth-order valence-corrected chi connectivity index (χ4v) is 3.20. The molecule has 0 saturated carbocycles. The molecule has 142 valence electrons. The zero-order valence-corrected chi connectivity index (χ0v) is 16.5. The predicted molar refractivity (Wildman–Crippen MR) is 107 cm³/mol. The lowest BCUT2D eigenvalue weighted by molar-refractivity contribution is 0.100. The van der Waals surface area contributed by atoms with Gasteiger partial charge in [-0.15, -0.1) is 0 Å². The number of amides is 1. The third kappa shape index (κ3) is 4.65. The van der Waals surface area contributed by atoms with Crippen molar-refractivity contribution in [2.75, 3.05) is 16.4 Å². The van der Waals surface area contributed by atoms with Crippen LogP contribution in [-0.4, -0.2) is 30.5 Å². The molecule has 1 amide bonds. The molecule has 0 radical (unpaired) electrons. The van der Waals surface area contributed by atoms with Crippen molar-refractivity contribution < 1.29 is 13.2 Å². The molecule has 0 bridgehead atoms. The maximum Gasteiger partial charge on any atom is 0.271 e. The summed E-state index contributed by atoms with van der Waals surface area (Å²) in [7, 11) is -3.36. The van der Waals surface area contributed by atoms with Crippen molar-refractivity contribution in [3.63, 3.8) is 0 Å². The van der Waals surface area contributed by atoms with Crippen LogP contribution in [0.4, 0.5) is 5.69 Å². The topological polar surface area (TPSA) is 93.1 Å². The summed E-state index contributed by atoms with van der Waals surface area (Å²) in [6.07, 6.45) is 2.75. The van der Waals surface area contributed by atoms with Crippen LogP contribution in [-0.2, 0) is 15.4 Å². The molecule has 3 aromatic rings. The maximum atomic E-state index is 12.4. The number of aromatic nitrogens is 2. The van der Waals surface area contributed by atoms with Crippen molar-refractivity contribution in [2.45, 2.75) is 26.2 Å². The van der Waals surface area contributed by atoms with Crippen LogP contribution >= 0.6 is 0 Å². The highest BCUT2D eigenvalue weighted by atomic mass is 32.2. The molecule has 1 aromatic heterocycles. The first-order chi connectivity index (χ1) is 12.5. The zero-order chi connectivity index (χ0) is 19.8. The Morgan fingerprint density at radius 1 is 1.07 bits per heavy atom. The lowest BCUT2D eigenvalue weighted by Crippen LogP contribution is -2.23. The van der Waals surface area contributed by atoms with E-state index in [0.717, 1.165) is 17.2 Å². The lowest BCUT2D eigenvalue weighted by Gasteiger charge is -2.19. The van der Waals surface area contributed by atoms with E-state index in [2.05, 4.69) is 36.0 Å². The van der Waals surface area contributed by atoms with E-state index in [1.165, 1.54) is 4.79 Å². The van der Waals surface area contributed by atoms with Gasteiger partial charge in [0.25, 0.3) is 5.91 Å². The number of fused-ring (bicyclic) bond motifs is 1. The quantitative estimate of drug-likeness (QED) is 0.721. The number of nitrogens with zero attached hydrogens (tertiary/aromatic N) is 2. The average molecular weight is 386 g/mol. The van der Waals surface area contributed by atoms with Gasteiger partial charge in [-0.05, 0) is 41.3 Å². The van der Waals surface area contributed by atoms with Crippen LogP contribution in [0.3, 0.4) is 0 Å². The summed E-state index contributed by atoms with van der Waals surface area (Å²) in [5, 5.41) is 5.05. The van der Waals surface area contributed by atoms with E-state index in [9.17, 15) is 13.2 Å². The summed E-state index contributed by atoms with van der Waals surface area (Å²) in [4.78, 5) is 13.8. The second kappa shape index (κ2) is 6.70. The number of hydrogen-bond acceptors (Lipinski definition) is 4. The van der Waals surface area contributed by atoms with E-state index in [-0.39, 0.29) is 11.3 Å². The molecule has 27 heavy (non-hydrogen) atoms. The Labute approximate surface area is 158 Å². The Morgan fingerprint density at radius 2 is 1.74 bits per heavy atom. The first-order valence-electron chi connectivity index (χ1n) is 8.40. The van der Waals surface area contributed by atoms with Crippen molar-refractivity contribution in [1.82, 2.24) is 9.89 Å². The molecule has 0 aliphatic carbocycles. The third-order valence-corrected chi connectivity index (χ3v) is 4.65. The number of carbonyl (C=O) groups excluding carboxylic acids is 1. The van der Waals surface area contributed by atoms with E-state index in [1.807, 2.05) is 12.1 Å². The molecule has 0 unspecified atom stereocenters. The minimum absolute atomic E-state index is 0.0203. The highest BCUT2D eigenvalue weighted by Crippen LogP contribution is 2.22. The van der Waals surface area contributed by atoms with Crippen LogP contribution in [0.25, 0.3) is 10.9 Å². The van der Waals surface area contributed by atoms with Crippen LogP contribution in [0.2, 0.25) is 0 Å². The number of hydrogen-bond donors (Lipinski definition) is 2. The van der Waals surface area contributed by atoms with Gasteiger partial charge in [0.2, 0.25) is 10.0 Å². The van der Waals surface area contributed by atoms with Crippen molar-refractivity contribution in [1.29, 1.82) is 0 Å². The third-order valence-electron chi connectivity index (χ3n) is 4.04. The van der Waals surface area contributed by atoms with Crippen LogP contribution < -0.4 is 10.1 Å². The number of benzene rings is 2. The van der Waals surface area contributed by atoms with E-state index >= 15 is 0 Å². The largest absolute Gasteiger partial charge is 0.284 e. The van der Waals surface area contributed by atoms with Gasteiger partial charge in [-0.25, -0.2) is 13.8 Å². The highest BCUT2D eigenvalue weighted by molar-refractivity contribution is 7.92. The summed E-state index contributed by atoms with van der Waals surface area (Å²) in [5.74, 6) is -0.280. The second-order valence-electron chi connectivity index (χ2n) is 7.49. The van der Waals surface area contributed by atoms with Crippen LogP contribution in [0, 0.1) is 0 Å². The first-order valence-corrected chi connectivity index (χ1v) is 10.3. The summed E-state index contributed by atoms with van der Waals surface area (Å²) in [5.41, 5.74) is 5.38. The monoisotopic (exact) mass is 386 g/mol. The average Bonchev–Trinajstić information content (AvgIpc) is 2.94. The van der Waals surface area contributed by atoms with Crippen LogP contribution in [0.15, 0.2) is 48.7 Å². The molecule has 0 fully saturated rings. The number of rotatable bonds is 4. The minimum atomic E-state index is -3.36. The zero-order valence-electron chi connectivity index (χ0n) is 15.6. The molecule has 8 heteroatoms. The van der Waals surface area contributed by atoms with Crippen molar-refractivity contribution in [3.05, 3.63) is 59.8 Å². The smallest absolute Gasteiger partial charge is 0.271 e. The standard InChI is InChI=1S/C19H22N4O3S/c1-19(2,3)15-8-5-13(6-9-15)18(24)21-23-12-14-7-10-16(11-17(14)20-23)22-27(4,25)26/h5-12,22H,1-4H3,(H,21,24). The molecular weight excluding hydrogens is 364 g/mol. The molecule has 0 aliphatic heterocycles. The summed E-state index contributed by atoms with van der Waals surface area (Å²) >= 11 is 0. The van der Waals surface area contributed by atoms with Crippen molar-refractivity contribution in [3.8, 4) is 0 Å². The Bertz CT molecular complexity index is 1090. The molecule has 0 atom stereocenters. The number of anilines is 1. The number of sulfonamides is 1. The van der Waals surface area contributed by atoms with Crippen LogP contribution in [0.1, 0.15) is 36.7 Å². The van der Waals surface area contributed by atoms with Crippen molar-refractivity contribution in [2.24, 2.45) is 0 Å². The van der Waals surface area contributed by atoms with Gasteiger partial charge in [0, 0.05) is 10.9 Å². The normalized spacial score (nSPS) is 12.1. The molecule has 2 aromatic carbocycles. The fourth-order valence-electron chi connectivity index (χ4n) is 2.64. The fraction of sp³-hybridized carbons (Fsp3) is 0.263. The van der Waals surface area contributed by atoms with E-state index < -0.39 is 10.0 Å². The molecule has 0 aliphatic rings. The minimum Gasteiger partial charge on any atom is -0.284 e. The van der Waals surface area contributed by atoms with E-state index in [4.69, 9.17) is 0 Å². The Kier molecular flexibility index (Phi) is 4.69. The molecule has 7 nitrogen and oxygen atoms in total. The number of nitrogens with one attached hydrogen (secondary N) is 2. The van der Waals surface area contributed by atoms with Gasteiger partial charge < -0.3 is 0 Å². The van der Waals surface area contributed by atoms with Gasteiger partial charge in [-0.3, -0.25) is 9.52 Å². The summed E-state index contributed by atoms with van der Waals surface area (Å²) in [6, 6.07) is 12.4. The summed E-state index contributed by atoms with van der Waals surface area (Å²) in [6.45, 7) is 6.35. The highest BCUT2D eigenvalue weighted by Gasteiger charge is 2.15. The first kappa shape index (κ1) is 18.9. The van der Waals surface area contributed by atoms with Gasteiger partial charge in [-0.2, -0.15) is 9.89 Å². The summed E-state index contributed by atoms with van der Waals surface area (Å²) < 4.78 is 25.1. The van der Waals surface area contributed by atoms with Gasteiger partial charge in [0.15, 0.2) is 0 Å². The molecule has 0 spiro atoms. The van der Waals surface area contributed by atoms with Crippen molar-refractivity contribution >= 4 is 32.5 Å². The second-order valence-corrected chi connectivity index (χ2v) is 9.24.